The third-order valence-corrected chi connectivity index (χ3v) is 2.74. The van der Waals surface area contributed by atoms with Crippen LogP contribution in [0.25, 0.3) is 6.08 Å². The molecule has 2 rings (SSSR count). The number of halogens is 1. The van der Waals surface area contributed by atoms with Crippen LogP contribution < -0.4 is 0 Å². The van der Waals surface area contributed by atoms with Crippen LogP contribution in [0.3, 0.4) is 0 Å². The van der Waals surface area contributed by atoms with Crippen LogP contribution in [0.4, 0.5) is 0 Å². The highest BCUT2D eigenvalue weighted by Crippen LogP contribution is 2.28. The molecule has 3 heteroatoms. The van der Waals surface area contributed by atoms with E-state index in [1.54, 1.807) is 12.1 Å². The monoisotopic (exact) mass is 238 g/mol. The zero-order valence-corrected chi connectivity index (χ0v) is 8.34. The third kappa shape index (κ3) is 1.40. The van der Waals surface area contributed by atoms with Gasteiger partial charge in [-0.3, -0.25) is 0 Å². The van der Waals surface area contributed by atoms with E-state index in [-0.39, 0.29) is 0 Å². The summed E-state index contributed by atoms with van der Waals surface area (Å²) in [6.07, 6.45) is 4.86. The first-order valence-corrected chi connectivity index (χ1v) is 4.70. The highest BCUT2D eigenvalue weighted by molar-refractivity contribution is 9.10. The minimum absolute atomic E-state index is 0.342. The lowest BCUT2D eigenvalue weighted by atomic mass is 10.1. The summed E-state index contributed by atoms with van der Waals surface area (Å²) in [7, 11) is 0. The van der Waals surface area contributed by atoms with E-state index < -0.39 is 5.97 Å². The fourth-order valence-corrected chi connectivity index (χ4v) is 2.09. The maximum atomic E-state index is 10.7. The van der Waals surface area contributed by atoms with Crippen LogP contribution in [-0.4, -0.2) is 11.1 Å². The molecular formula is C10H7BrO2. The Hall–Kier alpha value is -1.09. The summed E-state index contributed by atoms with van der Waals surface area (Å²) < 4.78 is 0.858. The molecule has 1 aromatic carbocycles. The Morgan fingerprint density at radius 3 is 2.92 bits per heavy atom. The first kappa shape index (κ1) is 8.51. The maximum Gasteiger partial charge on any atom is 0.335 e. The Morgan fingerprint density at radius 1 is 1.46 bits per heavy atom. The van der Waals surface area contributed by atoms with Crippen molar-refractivity contribution in [2.75, 3.05) is 0 Å². The minimum atomic E-state index is -0.879. The summed E-state index contributed by atoms with van der Waals surface area (Å²) in [5.41, 5.74) is 2.52. The average Bonchev–Trinajstić information content (AvgIpc) is 2.51. The van der Waals surface area contributed by atoms with Crippen LogP contribution in [0, 0.1) is 0 Å². The molecule has 1 aliphatic rings. The highest BCUT2D eigenvalue weighted by Gasteiger charge is 2.13. The maximum absolute atomic E-state index is 10.7. The lowest BCUT2D eigenvalue weighted by Gasteiger charge is -2.03. The molecule has 0 saturated heterocycles. The third-order valence-electron chi connectivity index (χ3n) is 2.08. The molecule has 66 valence electrons. The van der Waals surface area contributed by atoms with Crippen LogP contribution in [0.2, 0.25) is 0 Å². The Labute approximate surface area is 84.0 Å². The number of carbonyl (C=O) groups is 1. The standard InChI is InChI=1S/C10H7BrO2/c11-9-5-7(10(12)13)4-6-2-1-3-8(6)9/h1,3-5H,2H2,(H,12,13). The van der Waals surface area contributed by atoms with Crippen LogP contribution in [-0.2, 0) is 6.42 Å². The van der Waals surface area contributed by atoms with Crippen LogP contribution in [0.5, 0.6) is 0 Å². The van der Waals surface area contributed by atoms with Gasteiger partial charge in [-0.2, -0.15) is 0 Å². The fourth-order valence-electron chi connectivity index (χ4n) is 1.46. The van der Waals surface area contributed by atoms with Crippen molar-refractivity contribution in [1.29, 1.82) is 0 Å². The Bertz CT molecular complexity index is 408. The van der Waals surface area contributed by atoms with Crippen LogP contribution in [0.1, 0.15) is 21.5 Å². The number of fused-ring (bicyclic) bond motifs is 1. The predicted octanol–water partition coefficient (Wildman–Crippen LogP) is 2.72. The Morgan fingerprint density at radius 2 is 2.23 bits per heavy atom. The number of benzene rings is 1. The van der Waals surface area contributed by atoms with E-state index in [2.05, 4.69) is 15.9 Å². The van der Waals surface area contributed by atoms with E-state index in [0.29, 0.717) is 5.56 Å². The summed E-state index contributed by atoms with van der Waals surface area (Å²) in [4.78, 5) is 10.7. The number of allylic oxidation sites excluding steroid dienone is 1. The second-order valence-corrected chi connectivity index (χ2v) is 3.80. The number of hydrogen-bond acceptors (Lipinski definition) is 1. The molecule has 0 fully saturated rings. The van der Waals surface area contributed by atoms with E-state index >= 15 is 0 Å². The topological polar surface area (TPSA) is 37.3 Å². The average molecular weight is 239 g/mol. The summed E-state index contributed by atoms with van der Waals surface area (Å²) in [6.45, 7) is 0. The van der Waals surface area contributed by atoms with Gasteiger partial charge in [0.05, 0.1) is 5.56 Å². The molecule has 0 aliphatic heterocycles. The summed E-state index contributed by atoms with van der Waals surface area (Å²) in [5.74, 6) is -0.879. The Kier molecular flexibility index (Phi) is 1.96. The van der Waals surface area contributed by atoms with E-state index in [9.17, 15) is 4.79 Å². The quantitative estimate of drug-likeness (QED) is 0.817. The highest BCUT2D eigenvalue weighted by atomic mass is 79.9. The molecule has 0 radical (unpaired) electrons. The number of aromatic carboxylic acids is 1. The largest absolute Gasteiger partial charge is 0.478 e. The van der Waals surface area contributed by atoms with E-state index in [4.69, 9.17) is 5.11 Å². The van der Waals surface area contributed by atoms with Crippen molar-refractivity contribution in [2.24, 2.45) is 0 Å². The van der Waals surface area contributed by atoms with Gasteiger partial charge < -0.3 is 5.11 Å². The number of carboxylic acid groups (broad SMARTS) is 1. The van der Waals surface area contributed by atoms with Crippen molar-refractivity contribution in [3.63, 3.8) is 0 Å². The van der Waals surface area contributed by atoms with Gasteiger partial charge in [0.1, 0.15) is 0 Å². The molecule has 2 nitrogen and oxygen atoms in total. The van der Waals surface area contributed by atoms with Gasteiger partial charge in [-0.25, -0.2) is 4.79 Å². The lowest BCUT2D eigenvalue weighted by molar-refractivity contribution is 0.0696. The summed E-state index contributed by atoms with van der Waals surface area (Å²) in [6, 6.07) is 3.36. The van der Waals surface area contributed by atoms with Crippen molar-refractivity contribution in [1.82, 2.24) is 0 Å². The molecule has 0 heterocycles. The van der Waals surface area contributed by atoms with Gasteiger partial charge in [0.15, 0.2) is 0 Å². The molecule has 0 unspecified atom stereocenters. The van der Waals surface area contributed by atoms with Crippen LogP contribution >= 0.6 is 15.9 Å². The van der Waals surface area contributed by atoms with Gasteiger partial charge in [0.25, 0.3) is 0 Å². The van der Waals surface area contributed by atoms with Gasteiger partial charge >= 0.3 is 5.97 Å². The molecule has 0 aromatic heterocycles. The number of carboxylic acids is 1. The fraction of sp³-hybridized carbons (Fsp3) is 0.100. The van der Waals surface area contributed by atoms with Crippen molar-refractivity contribution >= 4 is 28.0 Å². The first-order chi connectivity index (χ1) is 6.18. The lowest BCUT2D eigenvalue weighted by Crippen LogP contribution is -1.98. The Balaban J connectivity index is 2.59. The van der Waals surface area contributed by atoms with Crippen molar-refractivity contribution in [2.45, 2.75) is 6.42 Å². The van der Waals surface area contributed by atoms with E-state index in [1.807, 2.05) is 12.2 Å². The second-order valence-electron chi connectivity index (χ2n) is 2.94. The second kappa shape index (κ2) is 3.00. The first-order valence-electron chi connectivity index (χ1n) is 3.91. The van der Waals surface area contributed by atoms with Crippen LogP contribution in [0.15, 0.2) is 22.7 Å². The molecule has 0 atom stereocenters. The zero-order valence-electron chi connectivity index (χ0n) is 6.75. The summed E-state index contributed by atoms with van der Waals surface area (Å²) >= 11 is 3.35. The van der Waals surface area contributed by atoms with Gasteiger partial charge in [-0.1, -0.05) is 28.1 Å². The molecule has 1 N–H and O–H groups in total. The van der Waals surface area contributed by atoms with E-state index in [0.717, 1.165) is 22.0 Å². The molecule has 0 amide bonds. The SMILES string of the molecule is O=C(O)c1cc(Br)c2c(c1)CC=C2. The van der Waals surface area contributed by atoms with Gasteiger partial charge in [0.2, 0.25) is 0 Å². The summed E-state index contributed by atoms with van der Waals surface area (Å²) in [5, 5.41) is 8.80. The van der Waals surface area contributed by atoms with Gasteiger partial charge in [0, 0.05) is 4.47 Å². The molecule has 0 saturated carbocycles. The number of hydrogen-bond donors (Lipinski definition) is 1. The van der Waals surface area contributed by atoms with Gasteiger partial charge in [-0.05, 0) is 29.7 Å². The smallest absolute Gasteiger partial charge is 0.335 e. The predicted molar refractivity (Wildman–Crippen MR) is 53.8 cm³/mol. The molecule has 13 heavy (non-hydrogen) atoms. The van der Waals surface area contributed by atoms with Crippen molar-refractivity contribution in [3.8, 4) is 0 Å². The molecular weight excluding hydrogens is 232 g/mol. The van der Waals surface area contributed by atoms with Crippen molar-refractivity contribution in [3.05, 3.63) is 39.4 Å². The molecule has 0 spiro atoms. The number of rotatable bonds is 1. The normalized spacial score (nSPS) is 13.0. The molecule has 1 aliphatic carbocycles. The molecule has 1 aromatic rings. The van der Waals surface area contributed by atoms with Crippen molar-refractivity contribution < 1.29 is 9.90 Å². The zero-order chi connectivity index (χ0) is 9.42. The van der Waals surface area contributed by atoms with Gasteiger partial charge in [-0.15, -0.1) is 0 Å². The van der Waals surface area contributed by atoms with E-state index in [1.165, 1.54) is 0 Å². The minimum Gasteiger partial charge on any atom is -0.478 e. The molecule has 0 bridgehead atoms.